The Morgan fingerprint density at radius 2 is 1.97 bits per heavy atom. The third-order valence-electron chi connectivity index (χ3n) is 6.64. The molecule has 1 aromatic heterocycles. The van der Waals surface area contributed by atoms with Gasteiger partial charge in [0, 0.05) is 62.9 Å². The highest BCUT2D eigenvalue weighted by atomic mass is 32.2. The zero-order chi connectivity index (χ0) is 22.1. The molecule has 2 fully saturated rings. The van der Waals surface area contributed by atoms with E-state index in [2.05, 4.69) is 4.90 Å². The van der Waals surface area contributed by atoms with Crippen molar-refractivity contribution >= 4 is 27.3 Å². The van der Waals surface area contributed by atoms with Crippen molar-refractivity contribution in [3.8, 4) is 0 Å². The van der Waals surface area contributed by atoms with Crippen LogP contribution in [0.4, 0.5) is 0 Å². The normalized spacial score (nSPS) is 22.8. The molecule has 4 heterocycles. The molecule has 2 aromatic rings. The summed E-state index contributed by atoms with van der Waals surface area (Å²) in [6.45, 7) is 5.59. The molecule has 32 heavy (non-hydrogen) atoms. The van der Waals surface area contributed by atoms with Crippen LogP contribution < -0.4 is 0 Å². The fraction of sp³-hybridized carbons (Fsp3) is 0.522. The van der Waals surface area contributed by atoms with Gasteiger partial charge in [-0.05, 0) is 54.5 Å². The number of hydrogen-bond donors (Lipinski definition) is 0. The largest absolute Gasteiger partial charge is 0.377 e. The highest BCUT2D eigenvalue weighted by Crippen LogP contribution is 2.28. The maximum Gasteiger partial charge on any atom is 0.253 e. The Kier molecular flexibility index (Phi) is 6.35. The third kappa shape index (κ3) is 4.49. The Hall–Kier alpha value is -1.78. The molecule has 1 atom stereocenters. The summed E-state index contributed by atoms with van der Waals surface area (Å²) in [5.41, 5.74) is 1.52. The second-order valence-electron chi connectivity index (χ2n) is 8.71. The summed E-state index contributed by atoms with van der Waals surface area (Å²) in [6, 6.07) is 8.52. The molecule has 7 nitrogen and oxygen atoms in total. The first-order chi connectivity index (χ1) is 15.5. The summed E-state index contributed by atoms with van der Waals surface area (Å²) in [5, 5.41) is 2.01. The zero-order valence-corrected chi connectivity index (χ0v) is 19.7. The van der Waals surface area contributed by atoms with E-state index in [-0.39, 0.29) is 10.8 Å². The molecule has 3 aliphatic heterocycles. The van der Waals surface area contributed by atoms with E-state index < -0.39 is 10.0 Å². The molecular formula is C23H29N3O4S2. The number of benzene rings is 1. The van der Waals surface area contributed by atoms with Crippen molar-refractivity contribution < 1.29 is 17.9 Å². The van der Waals surface area contributed by atoms with Gasteiger partial charge in [0.05, 0.1) is 11.0 Å². The number of amides is 1. The van der Waals surface area contributed by atoms with E-state index in [1.54, 1.807) is 35.6 Å². The van der Waals surface area contributed by atoms with Crippen LogP contribution in [-0.4, -0.2) is 80.4 Å². The van der Waals surface area contributed by atoms with E-state index in [4.69, 9.17) is 4.74 Å². The molecule has 0 saturated carbocycles. The quantitative estimate of drug-likeness (QED) is 0.664. The number of carbonyl (C=O) groups excluding carboxylic acids is 1. The average molecular weight is 476 g/mol. The van der Waals surface area contributed by atoms with E-state index in [0.717, 1.165) is 51.1 Å². The molecule has 0 aliphatic carbocycles. The van der Waals surface area contributed by atoms with Crippen molar-refractivity contribution in [2.45, 2.75) is 36.8 Å². The van der Waals surface area contributed by atoms with Crippen molar-refractivity contribution in [1.82, 2.24) is 14.1 Å². The van der Waals surface area contributed by atoms with Gasteiger partial charge in [-0.25, -0.2) is 8.42 Å². The van der Waals surface area contributed by atoms with E-state index in [0.29, 0.717) is 37.8 Å². The van der Waals surface area contributed by atoms with Crippen LogP contribution in [-0.2, 0) is 27.7 Å². The van der Waals surface area contributed by atoms with Crippen LogP contribution in [0.25, 0.3) is 0 Å². The molecule has 0 spiro atoms. The number of nitrogens with zero attached hydrogens (tertiary/aromatic N) is 3. The molecule has 2 saturated heterocycles. The first kappa shape index (κ1) is 22.0. The number of fused-ring (bicyclic) bond motifs is 1. The minimum atomic E-state index is -3.65. The lowest BCUT2D eigenvalue weighted by Gasteiger charge is -2.35. The van der Waals surface area contributed by atoms with Crippen LogP contribution in [0, 0.1) is 0 Å². The van der Waals surface area contributed by atoms with Gasteiger partial charge >= 0.3 is 0 Å². The number of rotatable bonds is 5. The van der Waals surface area contributed by atoms with E-state index in [1.807, 2.05) is 16.3 Å². The number of carbonyl (C=O) groups is 1. The van der Waals surface area contributed by atoms with Gasteiger partial charge in [-0.3, -0.25) is 9.69 Å². The maximum absolute atomic E-state index is 13.3. The second-order valence-corrected chi connectivity index (χ2v) is 11.7. The van der Waals surface area contributed by atoms with Gasteiger partial charge in [0.15, 0.2) is 0 Å². The van der Waals surface area contributed by atoms with Crippen LogP contribution in [0.1, 0.15) is 33.6 Å². The SMILES string of the molecule is O=C(c1cccc(S(=O)(=O)N2CCc3sccc3C2)c1)N1CCN(CC2CCCO2)CC1. The minimum Gasteiger partial charge on any atom is -0.377 e. The van der Waals surface area contributed by atoms with Crippen molar-refractivity contribution in [3.05, 3.63) is 51.7 Å². The summed E-state index contributed by atoms with van der Waals surface area (Å²) < 4.78 is 33.8. The fourth-order valence-corrected chi connectivity index (χ4v) is 7.11. The second kappa shape index (κ2) is 9.23. The standard InChI is InChI=1S/C23H29N3O4S2/c27-23(25-11-9-24(10-12-25)17-20-4-2-13-30-20)18-3-1-5-21(15-18)32(28,29)26-8-6-22-19(16-26)7-14-31-22/h1,3,5,7,14-15,20H,2,4,6,8-13,16-17H2. The minimum absolute atomic E-state index is 0.0995. The summed E-state index contributed by atoms with van der Waals surface area (Å²) >= 11 is 1.68. The van der Waals surface area contributed by atoms with Crippen LogP contribution in [0.15, 0.2) is 40.6 Å². The molecule has 3 aliphatic rings. The van der Waals surface area contributed by atoms with Crippen LogP contribution in [0.2, 0.25) is 0 Å². The molecule has 1 amide bonds. The molecule has 172 valence electrons. The van der Waals surface area contributed by atoms with Gasteiger partial charge in [0.2, 0.25) is 10.0 Å². The maximum atomic E-state index is 13.3. The predicted octanol–water partition coefficient (Wildman–Crippen LogP) is 2.43. The Morgan fingerprint density at radius 1 is 1.12 bits per heavy atom. The summed E-state index contributed by atoms with van der Waals surface area (Å²) in [7, 11) is -3.65. The smallest absolute Gasteiger partial charge is 0.253 e. The Bertz CT molecular complexity index is 1070. The first-order valence-electron chi connectivity index (χ1n) is 11.3. The Balaban J connectivity index is 1.24. The summed E-state index contributed by atoms with van der Waals surface area (Å²) in [5.74, 6) is -0.0995. The van der Waals surface area contributed by atoms with Gasteiger partial charge in [-0.15, -0.1) is 11.3 Å². The van der Waals surface area contributed by atoms with Gasteiger partial charge in [0.25, 0.3) is 5.91 Å². The van der Waals surface area contributed by atoms with Crippen LogP contribution >= 0.6 is 11.3 Å². The summed E-state index contributed by atoms with van der Waals surface area (Å²) in [4.78, 5) is 18.8. The van der Waals surface area contributed by atoms with E-state index in [9.17, 15) is 13.2 Å². The van der Waals surface area contributed by atoms with Crippen molar-refractivity contribution in [2.24, 2.45) is 0 Å². The topological polar surface area (TPSA) is 70.2 Å². The van der Waals surface area contributed by atoms with Crippen LogP contribution in [0.5, 0.6) is 0 Å². The number of piperazine rings is 1. The molecule has 9 heteroatoms. The number of sulfonamides is 1. The summed E-state index contributed by atoms with van der Waals surface area (Å²) in [6.07, 6.45) is 3.31. The van der Waals surface area contributed by atoms with Crippen molar-refractivity contribution in [1.29, 1.82) is 0 Å². The lowest BCUT2D eigenvalue weighted by Crippen LogP contribution is -2.50. The highest BCUT2D eigenvalue weighted by Gasteiger charge is 2.30. The lowest BCUT2D eigenvalue weighted by molar-refractivity contribution is 0.0432. The van der Waals surface area contributed by atoms with Gasteiger partial charge in [0.1, 0.15) is 0 Å². The number of ether oxygens (including phenoxy) is 1. The Labute approximate surface area is 193 Å². The van der Waals surface area contributed by atoms with Crippen LogP contribution in [0.3, 0.4) is 0 Å². The first-order valence-corrected chi connectivity index (χ1v) is 13.6. The van der Waals surface area contributed by atoms with E-state index in [1.165, 1.54) is 9.18 Å². The lowest BCUT2D eigenvalue weighted by atomic mass is 10.1. The third-order valence-corrected chi connectivity index (χ3v) is 9.50. The molecule has 0 radical (unpaired) electrons. The average Bonchev–Trinajstić information content (AvgIpc) is 3.50. The Morgan fingerprint density at radius 3 is 2.75 bits per heavy atom. The number of thiophene rings is 1. The number of hydrogen-bond acceptors (Lipinski definition) is 6. The van der Waals surface area contributed by atoms with Crippen molar-refractivity contribution in [3.63, 3.8) is 0 Å². The molecule has 0 bridgehead atoms. The monoisotopic (exact) mass is 475 g/mol. The molecule has 5 rings (SSSR count). The van der Waals surface area contributed by atoms with Gasteiger partial charge in [-0.1, -0.05) is 6.07 Å². The molecule has 1 aromatic carbocycles. The predicted molar refractivity (Wildman–Crippen MR) is 123 cm³/mol. The molecule has 1 unspecified atom stereocenters. The fourth-order valence-electron chi connectivity index (χ4n) is 4.76. The van der Waals surface area contributed by atoms with Gasteiger partial charge in [-0.2, -0.15) is 4.31 Å². The van der Waals surface area contributed by atoms with Gasteiger partial charge < -0.3 is 9.64 Å². The molecule has 0 N–H and O–H groups in total. The highest BCUT2D eigenvalue weighted by molar-refractivity contribution is 7.89. The zero-order valence-electron chi connectivity index (χ0n) is 18.1. The van der Waals surface area contributed by atoms with E-state index >= 15 is 0 Å². The molecular weight excluding hydrogens is 446 g/mol. The van der Waals surface area contributed by atoms with Crippen molar-refractivity contribution in [2.75, 3.05) is 45.9 Å².